The van der Waals surface area contributed by atoms with Gasteiger partial charge in [-0.2, -0.15) is 0 Å². The minimum Gasteiger partial charge on any atom is -0.493 e. The number of cyclic esters (lactones) is 1. The Labute approximate surface area is 99.8 Å². The van der Waals surface area contributed by atoms with E-state index in [-0.39, 0.29) is 5.97 Å². The number of methoxy groups -OCH3 is 2. The van der Waals surface area contributed by atoms with Gasteiger partial charge in [-0.25, -0.2) is 0 Å². The Morgan fingerprint density at radius 2 is 2.00 bits per heavy atom. The average Bonchev–Trinajstić information content (AvgIpc) is 2.74. The van der Waals surface area contributed by atoms with Gasteiger partial charge in [0.15, 0.2) is 11.5 Å². The van der Waals surface area contributed by atoms with Gasteiger partial charge < -0.3 is 14.2 Å². The van der Waals surface area contributed by atoms with Crippen LogP contribution in [0.25, 0.3) is 6.08 Å². The van der Waals surface area contributed by atoms with Crippen LogP contribution in [0.3, 0.4) is 0 Å². The quantitative estimate of drug-likeness (QED) is 0.751. The first-order valence-electron chi connectivity index (χ1n) is 5.30. The zero-order chi connectivity index (χ0) is 12.3. The molecule has 1 fully saturated rings. The minimum absolute atomic E-state index is 0.170. The van der Waals surface area contributed by atoms with Gasteiger partial charge in [-0.15, -0.1) is 0 Å². The number of carbonyl (C=O) groups is 1. The molecule has 0 radical (unpaired) electrons. The second kappa shape index (κ2) is 4.91. The molecule has 1 aromatic carbocycles. The lowest BCUT2D eigenvalue weighted by Crippen LogP contribution is -1.91. The number of hydrogen-bond acceptors (Lipinski definition) is 4. The molecule has 1 saturated heterocycles. The molecule has 0 amide bonds. The predicted molar refractivity (Wildman–Crippen MR) is 63.1 cm³/mol. The Morgan fingerprint density at radius 3 is 2.59 bits per heavy atom. The Morgan fingerprint density at radius 1 is 1.24 bits per heavy atom. The van der Waals surface area contributed by atoms with Crippen molar-refractivity contribution in [3.8, 4) is 11.5 Å². The van der Waals surface area contributed by atoms with Crippen molar-refractivity contribution in [3.05, 3.63) is 29.3 Å². The van der Waals surface area contributed by atoms with Gasteiger partial charge >= 0.3 is 5.97 Å². The number of hydrogen-bond donors (Lipinski definition) is 0. The van der Waals surface area contributed by atoms with Crippen LogP contribution < -0.4 is 9.47 Å². The molecule has 0 bridgehead atoms. The minimum atomic E-state index is -0.170. The van der Waals surface area contributed by atoms with E-state index in [4.69, 9.17) is 14.2 Å². The fourth-order valence-electron chi connectivity index (χ4n) is 1.73. The van der Waals surface area contributed by atoms with Crippen LogP contribution >= 0.6 is 0 Å². The van der Waals surface area contributed by atoms with Crippen LogP contribution in [0.5, 0.6) is 11.5 Å². The standard InChI is InChI=1S/C13H14O4/c1-15-11-4-3-9(6-12(11)16-2)5-10-7-13(14)17-8-10/h3-6H,7-8H2,1-2H3/b10-5-. The van der Waals surface area contributed by atoms with E-state index in [0.29, 0.717) is 24.5 Å². The summed E-state index contributed by atoms with van der Waals surface area (Å²) in [6.07, 6.45) is 2.31. The second-order valence-corrected chi connectivity index (χ2v) is 3.75. The van der Waals surface area contributed by atoms with Gasteiger partial charge in [0, 0.05) is 0 Å². The zero-order valence-electron chi connectivity index (χ0n) is 9.86. The molecular formula is C13H14O4. The number of benzene rings is 1. The third-order valence-corrected chi connectivity index (χ3v) is 2.57. The molecule has 0 aliphatic carbocycles. The SMILES string of the molecule is COc1ccc(/C=C2\COC(=O)C2)cc1OC. The van der Waals surface area contributed by atoms with Crippen LogP contribution in [0, 0.1) is 0 Å². The topological polar surface area (TPSA) is 44.8 Å². The molecule has 0 N–H and O–H groups in total. The number of carbonyl (C=O) groups excluding carboxylic acids is 1. The van der Waals surface area contributed by atoms with Crippen molar-refractivity contribution < 1.29 is 19.0 Å². The lowest BCUT2D eigenvalue weighted by molar-refractivity contribution is -0.137. The summed E-state index contributed by atoms with van der Waals surface area (Å²) in [7, 11) is 3.19. The molecule has 17 heavy (non-hydrogen) atoms. The van der Waals surface area contributed by atoms with E-state index in [2.05, 4.69) is 0 Å². The lowest BCUT2D eigenvalue weighted by atomic mass is 10.1. The number of rotatable bonds is 3. The molecule has 0 atom stereocenters. The molecule has 0 unspecified atom stereocenters. The summed E-state index contributed by atoms with van der Waals surface area (Å²) in [4.78, 5) is 11.0. The van der Waals surface area contributed by atoms with Crippen LogP contribution in [0.1, 0.15) is 12.0 Å². The highest BCUT2D eigenvalue weighted by Gasteiger charge is 2.16. The second-order valence-electron chi connectivity index (χ2n) is 3.75. The monoisotopic (exact) mass is 234 g/mol. The Kier molecular flexibility index (Phi) is 3.32. The Balaban J connectivity index is 2.25. The van der Waals surface area contributed by atoms with Crippen molar-refractivity contribution in [2.75, 3.05) is 20.8 Å². The van der Waals surface area contributed by atoms with Crippen molar-refractivity contribution in [3.63, 3.8) is 0 Å². The molecule has 2 rings (SSSR count). The van der Waals surface area contributed by atoms with E-state index in [1.54, 1.807) is 14.2 Å². The first-order valence-corrected chi connectivity index (χ1v) is 5.30. The first kappa shape index (κ1) is 11.5. The third kappa shape index (κ3) is 2.58. The molecule has 0 aromatic heterocycles. The summed E-state index contributed by atoms with van der Waals surface area (Å²) >= 11 is 0. The molecule has 4 nitrogen and oxygen atoms in total. The summed E-state index contributed by atoms with van der Waals surface area (Å²) in [5.74, 6) is 1.19. The van der Waals surface area contributed by atoms with Crippen LogP contribution in [0.2, 0.25) is 0 Å². The molecule has 0 saturated carbocycles. The maximum absolute atomic E-state index is 11.0. The highest BCUT2D eigenvalue weighted by atomic mass is 16.5. The smallest absolute Gasteiger partial charge is 0.310 e. The van der Waals surface area contributed by atoms with E-state index >= 15 is 0 Å². The van der Waals surface area contributed by atoms with Gasteiger partial charge in [-0.1, -0.05) is 12.1 Å². The summed E-state index contributed by atoms with van der Waals surface area (Å²) in [6.45, 7) is 0.382. The Hall–Kier alpha value is -1.97. The van der Waals surface area contributed by atoms with Gasteiger partial charge in [0.2, 0.25) is 0 Å². The summed E-state index contributed by atoms with van der Waals surface area (Å²) < 4.78 is 15.2. The van der Waals surface area contributed by atoms with Gasteiger partial charge in [0.05, 0.1) is 20.6 Å². The van der Waals surface area contributed by atoms with Gasteiger partial charge in [0.25, 0.3) is 0 Å². The van der Waals surface area contributed by atoms with Crippen molar-refractivity contribution >= 4 is 12.0 Å². The average molecular weight is 234 g/mol. The van der Waals surface area contributed by atoms with Gasteiger partial charge in [-0.3, -0.25) is 4.79 Å². The molecule has 1 aliphatic rings. The Bertz CT molecular complexity index is 462. The molecule has 1 aliphatic heterocycles. The molecule has 0 spiro atoms. The third-order valence-electron chi connectivity index (χ3n) is 2.57. The normalized spacial score (nSPS) is 17.1. The molecule has 1 aromatic rings. The molecule has 4 heteroatoms. The fraction of sp³-hybridized carbons (Fsp3) is 0.308. The summed E-state index contributed by atoms with van der Waals surface area (Å²) in [5.41, 5.74) is 1.94. The zero-order valence-corrected chi connectivity index (χ0v) is 9.86. The van der Waals surface area contributed by atoms with Crippen LogP contribution in [0.15, 0.2) is 23.8 Å². The van der Waals surface area contributed by atoms with Gasteiger partial charge in [0.1, 0.15) is 6.61 Å². The largest absolute Gasteiger partial charge is 0.493 e. The van der Waals surface area contributed by atoms with Crippen molar-refractivity contribution in [1.82, 2.24) is 0 Å². The maximum atomic E-state index is 11.0. The van der Waals surface area contributed by atoms with E-state index in [1.807, 2.05) is 24.3 Å². The number of esters is 1. The predicted octanol–water partition coefficient (Wildman–Crippen LogP) is 2.03. The van der Waals surface area contributed by atoms with Gasteiger partial charge in [-0.05, 0) is 23.3 Å². The van der Waals surface area contributed by atoms with Crippen LogP contribution in [-0.4, -0.2) is 26.8 Å². The van der Waals surface area contributed by atoms with Crippen molar-refractivity contribution in [1.29, 1.82) is 0 Å². The van der Waals surface area contributed by atoms with Crippen LogP contribution in [0.4, 0.5) is 0 Å². The number of ether oxygens (including phenoxy) is 3. The van der Waals surface area contributed by atoms with E-state index in [9.17, 15) is 4.79 Å². The molecule has 90 valence electrons. The van der Waals surface area contributed by atoms with Crippen LogP contribution in [-0.2, 0) is 9.53 Å². The fourth-order valence-corrected chi connectivity index (χ4v) is 1.73. The summed E-state index contributed by atoms with van der Waals surface area (Å²) in [5, 5.41) is 0. The van der Waals surface area contributed by atoms with E-state index in [1.165, 1.54) is 0 Å². The van der Waals surface area contributed by atoms with E-state index < -0.39 is 0 Å². The highest BCUT2D eigenvalue weighted by molar-refractivity contribution is 5.78. The maximum Gasteiger partial charge on any atom is 0.310 e. The van der Waals surface area contributed by atoms with Crippen molar-refractivity contribution in [2.24, 2.45) is 0 Å². The van der Waals surface area contributed by atoms with Crippen molar-refractivity contribution in [2.45, 2.75) is 6.42 Å². The lowest BCUT2D eigenvalue weighted by Gasteiger charge is -2.07. The van der Waals surface area contributed by atoms with E-state index in [0.717, 1.165) is 11.1 Å². The molecule has 1 heterocycles. The molecular weight excluding hydrogens is 220 g/mol. The summed E-state index contributed by atoms with van der Waals surface area (Å²) in [6, 6.07) is 5.62. The highest BCUT2D eigenvalue weighted by Crippen LogP contribution is 2.29. The first-order chi connectivity index (χ1) is 8.22.